The number of carbonyl (C=O) groups excluding carboxylic acids is 1. The quantitative estimate of drug-likeness (QED) is 0.776. The molecule has 0 aliphatic rings. The third-order valence-electron chi connectivity index (χ3n) is 1.69. The first-order valence-electron chi connectivity index (χ1n) is 4.05. The monoisotopic (exact) mass is 283 g/mol. The predicted octanol–water partition coefficient (Wildman–Crippen LogP) is 1.23. The van der Waals surface area contributed by atoms with Crippen LogP contribution in [0.5, 0.6) is 0 Å². The Labute approximate surface area is 105 Å². The number of carbonyl (C=O) groups is 2. The van der Waals surface area contributed by atoms with Gasteiger partial charge in [-0.25, -0.2) is 4.79 Å². The summed E-state index contributed by atoms with van der Waals surface area (Å²) in [5.74, 6) is -2.01. The fraction of sp³-hybridized carbons (Fsp3) is 0.250. The molecule has 0 radical (unpaired) electrons. The Morgan fingerprint density at radius 2 is 2.12 bits per heavy atom. The smallest absolute Gasteiger partial charge is 0.328 e. The molecule has 0 spiro atoms. The molecule has 0 saturated heterocycles. The van der Waals surface area contributed by atoms with Crippen molar-refractivity contribution in [1.82, 2.24) is 5.32 Å². The fourth-order valence-corrected chi connectivity index (χ4v) is 2.37. The first-order valence-corrected chi connectivity index (χ1v) is 5.62. The minimum Gasteiger partial charge on any atom is -0.480 e. The summed E-state index contributed by atoms with van der Waals surface area (Å²) in [6, 6.07) is -0.0255. The highest BCUT2D eigenvalue weighted by molar-refractivity contribution is 7.20. The van der Waals surface area contributed by atoms with Gasteiger partial charge in [0.05, 0.1) is 16.5 Å². The number of aliphatic hydroxyl groups excluding tert-OH is 1. The number of carboxylic acid groups (broad SMARTS) is 1. The van der Waals surface area contributed by atoms with Gasteiger partial charge in [-0.1, -0.05) is 23.2 Å². The third-order valence-corrected chi connectivity index (χ3v) is 3.17. The zero-order valence-electron chi connectivity index (χ0n) is 7.74. The molecule has 0 aliphatic carbocycles. The van der Waals surface area contributed by atoms with Crippen LogP contribution in [0, 0.1) is 0 Å². The number of halogens is 2. The van der Waals surface area contributed by atoms with Crippen LogP contribution in [0.1, 0.15) is 10.4 Å². The number of aliphatic hydroxyl groups is 1. The molecule has 3 N–H and O–H groups in total. The Hall–Kier alpha value is -0.820. The van der Waals surface area contributed by atoms with Gasteiger partial charge >= 0.3 is 5.97 Å². The summed E-state index contributed by atoms with van der Waals surface area (Å²) in [5, 5.41) is 19.4. The summed E-state index contributed by atoms with van der Waals surface area (Å²) in [7, 11) is 0. The molecular formula is C8H7Cl2NO4S. The van der Waals surface area contributed by atoms with Crippen molar-refractivity contribution < 1.29 is 19.8 Å². The van der Waals surface area contributed by atoms with Crippen molar-refractivity contribution in [2.75, 3.05) is 6.61 Å². The molecular weight excluding hydrogens is 277 g/mol. The van der Waals surface area contributed by atoms with Crippen LogP contribution in [-0.4, -0.2) is 34.7 Å². The van der Waals surface area contributed by atoms with E-state index >= 15 is 0 Å². The second-order valence-corrected chi connectivity index (χ2v) is 5.07. The molecule has 1 aromatic heterocycles. The second-order valence-electron chi connectivity index (χ2n) is 2.78. The lowest BCUT2D eigenvalue weighted by Gasteiger charge is -2.10. The maximum absolute atomic E-state index is 11.5. The fourth-order valence-electron chi connectivity index (χ4n) is 0.917. The van der Waals surface area contributed by atoms with Crippen molar-refractivity contribution in [2.24, 2.45) is 0 Å². The zero-order chi connectivity index (χ0) is 12.3. The summed E-state index contributed by atoms with van der Waals surface area (Å²) in [6.07, 6.45) is 0. The number of aliphatic carboxylic acids is 1. The van der Waals surface area contributed by atoms with Crippen molar-refractivity contribution in [3.63, 3.8) is 0 Å². The van der Waals surface area contributed by atoms with E-state index in [0.717, 1.165) is 11.3 Å². The first-order chi connectivity index (χ1) is 7.45. The Kier molecular flexibility index (Phi) is 4.55. The average Bonchev–Trinajstić information content (AvgIpc) is 2.53. The topological polar surface area (TPSA) is 86.6 Å². The lowest BCUT2D eigenvalue weighted by Crippen LogP contribution is -2.43. The molecule has 5 nitrogen and oxygen atoms in total. The number of hydrogen-bond acceptors (Lipinski definition) is 4. The van der Waals surface area contributed by atoms with E-state index in [1.807, 2.05) is 0 Å². The highest BCUT2D eigenvalue weighted by atomic mass is 35.5. The van der Waals surface area contributed by atoms with Crippen LogP contribution in [-0.2, 0) is 4.79 Å². The minimum absolute atomic E-state index is 0.0939. The number of nitrogens with one attached hydrogen (secondary N) is 1. The molecule has 8 heteroatoms. The Bertz CT molecular complexity index is 420. The van der Waals surface area contributed by atoms with Gasteiger partial charge in [-0.3, -0.25) is 4.79 Å². The molecule has 0 saturated carbocycles. The van der Waals surface area contributed by atoms with E-state index in [0.29, 0.717) is 4.34 Å². The van der Waals surface area contributed by atoms with Crippen LogP contribution in [0.15, 0.2) is 6.07 Å². The maximum Gasteiger partial charge on any atom is 0.328 e. The van der Waals surface area contributed by atoms with Crippen molar-refractivity contribution in [1.29, 1.82) is 0 Å². The van der Waals surface area contributed by atoms with Crippen LogP contribution in [0.3, 0.4) is 0 Å². The van der Waals surface area contributed by atoms with Gasteiger partial charge in [0.15, 0.2) is 6.04 Å². The van der Waals surface area contributed by atoms with Gasteiger partial charge in [0, 0.05) is 0 Å². The lowest BCUT2D eigenvalue weighted by molar-refractivity contribution is -0.140. The van der Waals surface area contributed by atoms with Crippen LogP contribution in [0.2, 0.25) is 8.67 Å². The van der Waals surface area contributed by atoms with Crippen molar-refractivity contribution in [2.45, 2.75) is 6.04 Å². The molecule has 16 heavy (non-hydrogen) atoms. The minimum atomic E-state index is -1.36. The number of thiophene rings is 1. The van der Waals surface area contributed by atoms with Gasteiger partial charge < -0.3 is 15.5 Å². The predicted molar refractivity (Wildman–Crippen MR) is 60.3 cm³/mol. The molecule has 88 valence electrons. The highest BCUT2D eigenvalue weighted by Crippen LogP contribution is 2.30. The summed E-state index contributed by atoms with van der Waals surface area (Å²) in [5.41, 5.74) is 0.0939. The Morgan fingerprint density at radius 1 is 1.50 bits per heavy atom. The van der Waals surface area contributed by atoms with Crippen LogP contribution >= 0.6 is 34.5 Å². The molecule has 0 aromatic carbocycles. The van der Waals surface area contributed by atoms with Crippen LogP contribution < -0.4 is 5.32 Å². The maximum atomic E-state index is 11.5. The Morgan fingerprint density at radius 3 is 2.50 bits per heavy atom. The molecule has 1 atom stereocenters. The van der Waals surface area contributed by atoms with E-state index in [2.05, 4.69) is 5.32 Å². The summed E-state index contributed by atoms with van der Waals surface area (Å²) in [6.45, 7) is -0.698. The largest absolute Gasteiger partial charge is 0.480 e. The second kappa shape index (κ2) is 5.49. The van der Waals surface area contributed by atoms with Gasteiger partial charge in [-0.15, -0.1) is 11.3 Å². The normalized spacial score (nSPS) is 12.2. The lowest BCUT2D eigenvalue weighted by atomic mass is 10.2. The molecule has 0 bridgehead atoms. The first kappa shape index (κ1) is 13.2. The van der Waals surface area contributed by atoms with Crippen LogP contribution in [0.4, 0.5) is 0 Å². The van der Waals surface area contributed by atoms with Gasteiger partial charge in [0.25, 0.3) is 5.91 Å². The zero-order valence-corrected chi connectivity index (χ0v) is 10.1. The van der Waals surface area contributed by atoms with Gasteiger partial charge in [0.2, 0.25) is 0 Å². The van der Waals surface area contributed by atoms with E-state index in [1.54, 1.807) is 0 Å². The summed E-state index contributed by atoms with van der Waals surface area (Å²) < 4.78 is 0.496. The van der Waals surface area contributed by atoms with E-state index < -0.39 is 24.5 Å². The number of rotatable bonds is 4. The summed E-state index contributed by atoms with van der Waals surface area (Å²) in [4.78, 5) is 22.1. The molecule has 0 fully saturated rings. The molecule has 1 aromatic rings. The molecule has 1 heterocycles. The van der Waals surface area contributed by atoms with Gasteiger partial charge in [0.1, 0.15) is 4.34 Å². The van der Waals surface area contributed by atoms with Gasteiger partial charge in [-0.2, -0.15) is 0 Å². The third kappa shape index (κ3) is 3.08. The van der Waals surface area contributed by atoms with Crippen molar-refractivity contribution >= 4 is 46.4 Å². The number of carboxylic acids is 1. The van der Waals surface area contributed by atoms with E-state index in [9.17, 15) is 9.59 Å². The highest BCUT2D eigenvalue weighted by Gasteiger charge is 2.22. The van der Waals surface area contributed by atoms with Crippen molar-refractivity contribution in [3.8, 4) is 0 Å². The Balaban J connectivity index is 2.79. The standard InChI is InChI=1S/C8H7Cl2NO4S/c9-5-1-3(6(10)16-5)7(13)11-4(2-12)8(14)15/h1,4,12H,2H2,(H,11,13)(H,14,15)/t4-/m1/s1. The molecule has 0 aliphatic heterocycles. The molecule has 1 amide bonds. The van der Waals surface area contributed by atoms with E-state index in [1.165, 1.54) is 6.07 Å². The summed E-state index contributed by atoms with van der Waals surface area (Å²) >= 11 is 12.3. The molecule has 0 unspecified atom stereocenters. The average molecular weight is 284 g/mol. The van der Waals surface area contributed by atoms with E-state index in [4.69, 9.17) is 33.4 Å². The van der Waals surface area contributed by atoms with E-state index in [-0.39, 0.29) is 9.90 Å². The molecule has 1 rings (SSSR count). The number of hydrogen-bond donors (Lipinski definition) is 3. The number of amides is 1. The van der Waals surface area contributed by atoms with Gasteiger partial charge in [-0.05, 0) is 6.07 Å². The van der Waals surface area contributed by atoms with Crippen molar-refractivity contribution in [3.05, 3.63) is 20.3 Å². The SMILES string of the molecule is O=C(N[C@H](CO)C(=O)O)c1cc(Cl)sc1Cl. The van der Waals surface area contributed by atoms with Crippen LogP contribution in [0.25, 0.3) is 0 Å².